The topological polar surface area (TPSA) is 68.4 Å². The maximum absolute atomic E-state index is 12.2. The molecule has 21 heavy (non-hydrogen) atoms. The lowest BCUT2D eigenvalue weighted by Gasteiger charge is -2.23. The van der Waals surface area contributed by atoms with Crippen molar-refractivity contribution in [2.75, 3.05) is 20.2 Å². The van der Waals surface area contributed by atoms with Crippen LogP contribution in [0.4, 0.5) is 0 Å². The predicted octanol–water partition coefficient (Wildman–Crippen LogP) is 1.14. The average molecular weight is 305 g/mol. The Morgan fingerprint density at radius 3 is 2.90 bits per heavy atom. The van der Waals surface area contributed by atoms with Crippen LogP contribution in [0, 0.1) is 6.92 Å². The molecule has 2 rings (SSSR count). The molecular formula is C15H19N3O2S. The molecule has 0 saturated carbocycles. The molecule has 5 nitrogen and oxygen atoms in total. The Balaban J connectivity index is 2.39. The number of hydrogen-bond donors (Lipinski definition) is 3. The molecule has 6 heteroatoms. The lowest BCUT2D eigenvalue weighted by molar-refractivity contribution is 0.245. The van der Waals surface area contributed by atoms with Crippen LogP contribution in [0.15, 0.2) is 29.1 Å². The van der Waals surface area contributed by atoms with Gasteiger partial charge >= 0.3 is 0 Å². The van der Waals surface area contributed by atoms with Crippen LogP contribution >= 0.6 is 12.2 Å². The number of fused-ring (bicyclic) bond motifs is 1. The van der Waals surface area contributed by atoms with Crippen LogP contribution in [0.1, 0.15) is 11.1 Å². The first-order valence-electron chi connectivity index (χ1n) is 6.76. The van der Waals surface area contributed by atoms with Crippen molar-refractivity contribution in [3.8, 4) is 0 Å². The van der Waals surface area contributed by atoms with Crippen LogP contribution in [-0.4, -0.2) is 40.3 Å². The number of aryl methyl sites for hydroxylation is 1. The van der Waals surface area contributed by atoms with Crippen molar-refractivity contribution in [3.05, 3.63) is 45.7 Å². The molecule has 0 fully saturated rings. The van der Waals surface area contributed by atoms with Gasteiger partial charge in [-0.3, -0.25) is 4.79 Å². The summed E-state index contributed by atoms with van der Waals surface area (Å²) in [5.74, 6) is 0. The first-order chi connectivity index (χ1) is 10.1. The zero-order chi connectivity index (χ0) is 15.4. The van der Waals surface area contributed by atoms with Gasteiger partial charge in [0.05, 0.1) is 18.7 Å². The fraction of sp³-hybridized carbons (Fsp3) is 0.333. The highest BCUT2D eigenvalue weighted by Crippen LogP contribution is 2.15. The molecule has 1 heterocycles. The van der Waals surface area contributed by atoms with E-state index < -0.39 is 0 Å². The fourth-order valence-electron chi connectivity index (χ4n) is 2.28. The minimum absolute atomic E-state index is 0.0214. The molecular weight excluding hydrogens is 286 g/mol. The van der Waals surface area contributed by atoms with Crippen molar-refractivity contribution in [2.24, 2.45) is 0 Å². The molecule has 0 spiro atoms. The maximum Gasteiger partial charge on any atom is 0.253 e. The Hall–Kier alpha value is -1.92. The van der Waals surface area contributed by atoms with E-state index in [1.165, 1.54) is 0 Å². The summed E-state index contributed by atoms with van der Waals surface area (Å²) in [6.45, 7) is 2.68. The minimum atomic E-state index is -0.126. The summed E-state index contributed by atoms with van der Waals surface area (Å²) in [6, 6.07) is 7.77. The maximum atomic E-state index is 12.2. The van der Waals surface area contributed by atoms with Gasteiger partial charge in [0.15, 0.2) is 5.11 Å². The second-order valence-corrected chi connectivity index (χ2v) is 5.25. The van der Waals surface area contributed by atoms with Gasteiger partial charge in [0.25, 0.3) is 5.56 Å². The summed E-state index contributed by atoms with van der Waals surface area (Å²) < 4.78 is 0. The number of aromatic amines is 1. The van der Waals surface area contributed by atoms with Gasteiger partial charge in [0, 0.05) is 19.2 Å². The summed E-state index contributed by atoms with van der Waals surface area (Å²) in [7, 11) is 1.72. The number of rotatable bonds is 4. The normalized spacial score (nSPS) is 10.6. The third kappa shape index (κ3) is 3.40. The van der Waals surface area contributed by atoms with Crippen molar-refractivity contribution in [2.45, 2.75) is 13.5 Å². The zero-order valence-corrected chi connectivity index (χ0v) is 13.0. The van der Waals surface area contributed by atoms with E-state index in [0.29, 0.717) is 23.8 Å². The first kappa shape index (κ1) is 15.5. The highest BCUT2D eigenvalue weighted by Gasteiger charge is 2.12. The number of pyridine rings is 1. The summed E-state index contributed by atoms with van der Waals surface area (Å²) >= 11 is 5.19. The molecule has 112 valence electrons. The Labute approximate surface area is 128 Å². The monoisotopic (exact) mass is 305 g/mol. The molecule has 0 aliphatic rings. The Bertz CT molecular complexity index is 712. The third-order valence-corrected chi connectivity index (χ3v) is 3.86. The molecule has 0 atom stereocenters. The molecule has 0 aliphatic carbocycles. The smallest absolute Gasteiger partial charge is 0.253 e. The predicted molar refractivity (Wildman–Crippen MR) is 88.5 cm³/mol. The number of benzene rings is 1. The number of aromatic nitrogens is 1. The van der Waals surface area contributed by atoms with Crippen LogP contribution in [0.5, 0.6) is 0 Å². The number of nitrogens with one attached hydrogen (secondary N) is 2. The second kappa shape index (κ2) is 6.69. The lowest BCUT2D eigenvalue weighted by Crippen LogP contribution is -2.40. The second-order valence-electron chi connectivity index (χ2n) is 4.86. The number of hydrogen-bond acceptors (Lipinski definition) is 3. The number of H-pyrrole nitrogens is 1. The van der Waals surface area contributed by atoms with Crippen LogP contribution < -0.4 is 10.9 Å². The van der Waals surface area contributed by atoms with E-state index in [0.717, 1.165) is 16.5 Å². The van der Waals surface area contributed by atoms with Gasteiger partial charge in [0.1, 0.15) is 0 Å². The molecule has 1 aromatic carbocycles. The Morgan fingerprint density at radius 2 is 2.24 bits per heavy atom. The van der Waals surface area contributed by atoms with Crippen molar-refractivity contribution in [3.63, 3.8) is 0 Å². The number of aliphatic hydroxyl groups excluding tert-OH is 1. The highest BCUT2D eigenvalue weighted by atomic mass is 32.1. The van der Waals surface area contributed by atoms with E-state index >= 15 is 0 Å². The van der Waals surface area contributed by atoms with E-state index in [-0.39, 0.29) is 12.2 Å². The molecule has 0 saturated heterocycles. The van der Waals surface area contributed by atoms with Crippen molar-refractivity contribution < 1.29 is 5.11 Å². The fourth-order valence-corrected chi connectivity index (χ4v) is 2.44. The van der Waals surface area contributed by atoms with Crippen molar-refractivity contribution >= 4 is 28.2 Å². The highest BCUT2D eigenvalue weighted by molar-refractivity contribution is 7.80. The van der Waals surface area contributed by atoms with Gasteiger partial charge < -0.3 is 20.3 Å². The van der Waals surface area contributed by atoms with Gasteiger partial charge in [-0.15, -0.1) is 0 Å². The number of thiocarbonyl (C=S) groups is 1. The molecule has 0 amide bonds. The standard InChI is InChI=1S/C15H19N3O2S/c1-10-4-3-5-11-8-12(14(20)17-13(10)11)9-18(6-7-19)15(21)16-2/h3-5,8,19H,6-7,9H2,1-2H3,(H,16,21)(H,17,20). The lowest BCUT2D eigenvalue weighted by atomic mass is 10.1. The number of para-hydroxylation sites is 1. The average Bonchev–Trinajstić information content (AvgIpc) is 2.47. The van der Waals surface area contributed by atoms with Crippen LogP contribution in [0.25, 0.3) is 10.9 Å². The number of nitrogens with zero attached hydrogens (tertiary/aromatic N) is 1. The van der Waals surface area contributed by atoms with Crippen LogP contribution in [-0.2, 0) is 6.54 Å². The molecule has 1 aromatic heterocycles. The summed E-state index contributed by atoms with van der Waals surface area (Å²) in [5, 5.41) is 13.5. The van der Waals surface area contributed by atoms with Crippen LogP contribution in [0.2, 0.25) is 0 Å². The largest absolute Gasteiger partial charge is 0.395 e. The van der Waals surface area contributed by atoms with Gasteiger partial charge in [-0.2, -0.15) is 0 Å². The van der Waals surface area contributed by atoms with E-state index in [9.17, 15) is 4.79 Å². The van der Waals surface area contributed by atoms with E-state index in [1.807, 2.05) is 31.2 Å². The van der Waals surface area contributed by atoms with Crippen LogP contribution in [0.3, 0.4) is 0 Å². The van der Waals surface area contributed by atoms with Gasteiger partial charge in [-0.1, -0.05) is 18.2 Å². The summed E-state index contributed by atoms with van der Waals surface area (Å²) in [6.07, 6.45) is 0. The molecule has 0 unspecified atom stereocenters. The molecule has 0 bridgehead atoms. The van der Waals surface area contributed by atoms with E-state index in [2.05, 4.69) is 10.3 Å². The molecule has 0 aliphatic heterocycles. The Kier molecular flexibility index (Phi) is 4.93. The van der Waals surface area contributed by atoms with Gasteiger partial charge in [-0.05, 0) is 36.2 Å². The molecule has 0 radical (unpaired) electrons. The van der Waals surface area contributed by atoms with Gasteiger partial charge in [-0.25, -0.2) is 0 Å². The summed E-state index contributed by atoms with van der Waals surface area (Å²) in [4.78, 5) is 16.9. The van der Waals surface area contributed by atoms with Crippen molar-refractivity contribution in [1.29, 1.82) is 0 Å². The number of aliphatic hydroxyl groups is 1. The first-order valence-corrected chi connectivity index (χ1v) is 7.16. The quantitative estimate of drug-likeness (QED) is 0.739. The summed E-state index contributed by atoms with van der Waals surface area (Å²) in [5.41, 5.74) is 2.39. The molecule has 2 aromatic rings. The molecule has 3 N–H and O–H groups in total. The zero-order valence-electron chi connectivity index (χ0n) is 12.1. The van der Waals surface area contributed by atoms with Gasteiger partial charge in [0.2, 0.25) is 0 Å². The third-order valence-electron chi connectivity index (χ3n) is 3.40. The Morgan fingerprint density at radius 1 is 1.48 bits per heavy atom. The van der Waals surface area contributed by atoms with Crippen molar-refractivity contribution in [1.82, 2.24) is 15.2 Å². The minimum Gasteiger partial charge on any atom is -0.395 e. The van der Waals surface area contributed by atoms with E-state index in [1.54, 1.807) is 11.9 Å². The SMILES string of the molecule is CNC(=S)N(CCO)Cc1cc2cccc(C)c2[nH]c1=O. The van der Waals surface area contributed by atoms with E-state index in [4.69, 9.17) is 17.3 Å².